The minimum atomic E-state index is -3.52. The smallest absolute Gasteiger partial charge is 0.240 e. The normalized spacial score (nSPS) is 13.7. The van der Waals surface area contributed by atoms with Gasteiger partial charge in [0.25, 0.3) is 0 Å². The fourth-order valence-corrected chi connectivity index (χ4v) is 2.78. The van der Waals surface area contributed by atoms with Gasteiger partial charge in [0.1, 0.15) is 0 Å². The van der Waals surface area contributed by atoms with Crippen LogP contribution in [-0.2, 0) is 16.4 Å². The van der Waals surface area contributed by atoms with Gasteiger partial charge >= 0.3 is 0 Å². The van der Waals surface area contributed by atoms with E-state index in [1.165, 1.54) is 0 Å². The average Bonchev–Trinajstić information content (AvgIpc) is 2.36. The number of nitrogens with one attached hydrogen (secondary N) is 1. The lowest BCUT2D eigenvalue weighted by Gasteiger charge is -2.11. The van der Waals surface area contributed by atoms with E-state index < -0.39 is 16.1 Å². The molecule has 108 valence electrons. The summed E-state index contributed by atoms with van der Waals surface area (Å²) in [4.78, 5) is 0.239. The molecular formula is C14H23NO3S. The molecule has 1 aromatic rings. The largest absolute Gasteiger partial charge is 0.392 e. The van der Waals surface area contributed by atoms with Crippen LogP contribution >= 0.6 is 0 Å². The van der Waals surface area contributed by atoms with Gasteiger partial charge in [-0.05, 0) is 36.5 Å². The lowest BCUT2D eigenvalue weighted by atomic mass is 10.0. The van der Waals surface area contributed by atoms with Crippen molar-refractivity contribution in [2.45, 2.75) is 44.6 Å². The molecule has 1 aromatic carbocycles. The summed E-state index contributed by atoms with van der Waals surface area (Å²) in [6.07, 6.45) is 0.813. The van der Waals surface area contributed by atoms with Gasteiger partial charge in [0.15, 0.2) is 0 Å². The molecule has 1 unspecified atom stereocenters. The lowest BCUT2D eigenvalue weighted by molar-refractivity contribution is 0.174. The summed E-state index contributed by atoms with van der Waals surface area (Å²) in [5.41, 5.74) is 1.13. The van der Waals surface area contributed by atoms with Crippen LogP contribution in [0.15, 0.2) is 29.2 Å². The molecule has 1 rings (SSSR count). The van der Waals surface area contributed by atoms with Gasteiger partial charge in [0.05, 0.1) is 11.0 Å². The predicted octanol–water partition coefficient (Wildman–Crippen LogP) is 1.93. The van der Waals surface area contributed by atoms with Gasteiger partial charge < -0.3 is 5.11 Å². The van der Waals surface area contributed by atoms with Crippen molar-refractivity contribution in [2.75, 3.05) is 6.54 Å². The molecule has 0 amide bonds. The van der Waals surface area contributed by atoms with Crippen LogP contribution < -0.4 is 4.72 Å². The summed E-state index contributed by atoms with van der Waals surface area (Å²) in [6.45, 7) is 6.10. The Bertz CT molecular complexity index is 480. The summed E-state index contributed by atoms with van der Waals surface area (Å²) < 4.78 is 26.3. The first kappa shape index (κ1) is 16.1. The molecule has 4 nitrogen and oxygen atoms in total. The van der Waals surface area contributed by atoms with Crippen molar-refractivity contribution in [3.05, 3.63) is 29.8 Å². The molecule has 0 bridgehead atoms. The topological polar surface area (TPSA) is 66.4 Å². The zero-order chi connectivity index (χ0) is 14.5. The van der Waals surface area contributed by atoms with E-state index in [9.17, 15) is 13.5 Å². The van der Waals surface area contributed by atoms with E-state index in [0.717, 1.165) is 12.0 Å². The second kappa shape index (κ2) is 7.03. The van der Waals surface area contributed by atoms with Crippen LogP contribution in [0.5, 0.6) is 0 Å². The molecule has 0 saturated heterocycles. The fraction of sp³-hybridized carbons (Fsp3) is 0.571. The summed E-state index contributed by atoms with van der Waals surface area (Å²) in [5, 5.41) is 9.38. The Morgan fingerprint density at radius 1 is 1.21 bits per heavy atom. The van der Waals surface area contributed by atoms with Gasteiger partial charge in [-0.1, -0.05) is 32.9 Å². The summed E-state index contributed by atoms with van der Waals surface area (Å²) >= 11 is 0. The first-order valence-electron chi connectivity index (χ1n) is 6.61. The second-order valence-corrected chi connectivity index (χ2v) is 6.92. The van der Waals surface area contributed by atoms with Crippen molar-refractivity contribution in [1.29, 1.82) is 0 Å². The molecular weight excluding hydrogens is 262 g/mol. The van der Waals surface area contributed by atoms with Crippen LogP contribution in [0.3, 0.4) is 0 Å². The minimum absolute atomic E-state index is 0.0482. The van der Waals surface area contributed by atoms with Crippen LogP contribution in [-0.4, -0.2) is 26.2 Å². The van der Waals surface area contributed by atoms with Crippen molar-refractivity contribution >= 4 is 10.0 Å². The van der Waals surface area contributed by atoms with Crippen LogP contribution in [0.25, 0.3) is 0 Å². The molecule has 2 N–H and O–H groups in total. The molecule has 0 aliphatic carbocycles. The summed E-state index contributed by atoms with van der Waals surface area (Å²) in [5.74, 6) is 0.542. The molecule has 1 atom stereocenters. The maximum Gasteiger partial charge on any atom is 0.240 e. The SMILES string of the molecule is CCC(O)CNS(=O)(=O)c1ccc(CC(C)C)cc1. The minimum Gasteiger partial charge on any atom is -0.392 e. The number of rotatable bonds is 7. The highest BCUT2D eigenvalue weighted by Gasteiger charge is 2.15. The molecule has 19 heavy (non-hydrogen) atoms. The monoisotopic (exact) mass is 285 g/mol. The van der Waals surface area contributed by atoms with Crippen molar-refractivity contribution in [1.82, 2.24) is 4.72 Å². The quantitative estimate of drug-likeness (QED) is 0.804. The van der Waals surface area contributed by atoms with Crippen LogP contribution in [0, 0.1) is 5.92 Å². The Kier molecular flexibility index (Phi) is 5.97. The molecule has 0 aromatic heterocycles. The van der Waals surface area contributed by atoms with E-state index in [1.807, 2.05) is 12.1 Å². The van der Waals surface area contributed by atoms with Crippen LogP contribution in [0.1, 0.15) is 32.8 Å². The van der Waals surface area contributed by atoms with Crippen molar-refractivity contribution in [3.63, 3.8) is 0 Å². The van der Waals surface area contributed by atoms with Crippen LogP contribution in [0.4, 0.5) is 0 Å². The highest BCUT2D eigenvalue weighted by molar-refractivity contribution is 7.89. The highest BCUT2D eigenvalue weighted by atomic mass is 32.2. The third-order valence-corrected chi connectivity index (χ3v) is 4.30. The lowest BCUT2D eigenvalue weighted by Crippen LogP contribution is -2.31. The first-order chi connectivity index (χ1) is 8.85. The highest BCUT2D eigenvalue weighted by Crippen LogP contribution is 2.13. The first-order valence-corrected chi connectivity index (χ1v) is 8.10. The van der Waals surface area contributed by atoms with Gasteiger partial charge in [-0.25, -0.2) is 13.1 Å². The van der Waals surface area contributed by atoms with Gasteiger partial charge in [0, 0.05) is 6.54 Å². The van der Waals surface area contributed by atoms with Gasteiger partial charge in [-0.2, -0.15) is 0 Å². The second-order valence-electron chi connectivity index (χ2n) is 5.16. The summed E-state index contributed by atoms with van der Waals surface area (Å²) in [7, 11) is -3.52. The number of benzene rings is 1. The Morgan fingerprint density at radius 3 is 2.26 bits per heavy atom. The molecule has 0 heterocycles. The molecule has 0 spiro atoms. The van der Waals surface area contributed by atoms with E-state index in [4.69, 9.17) is 0 Å². The zero-order valence-corrected chi connectivity index (χ0v) is 12.6. The van der Waals surface area contributed by atoms with Crippen LogP contribution in [0.2, 0.25) is 0 Å². The van der Waals surface area contributed by atoms with E-state index in [2.05, 4.69) is 18.6 Å². The molecule has 0 saturated carbocycles. The molecule has 0 aliphatic rings. The van der Waals surface area contributed by atoms with Crippen molar-refractivity contribution in [3.8, 4) is 0 Å². The van der Waals surface area contributed by atoms with E-state index >= 15 is 0 Å². The van der Waals surface area contributed by atoms with Crippen molar-refractivity contribution in [2.24, 2.45) is 5.92 Å². The number of aliphatic hydroxyl groups excluding tert-OH is 1. The van der Waals surface area contributed by atoms with E-state index in [-0.39, 0.29) is 11.4 Å². The van der Waals surface area contributed by atoms with Gasteiger partial charge in [-0.15, -0.1) is 0 Å². The molecule has 0 radical (unpaired) electrons. The molecule has 0 aliphatic heterocycles. The third-order valence-electron chi connectivity index (χ3n) is 2.86. The number of hydrogen-bond donors (Lipinski definition) is 2. The Hall–Kier alpha value is -0.910. The molecule has 0 fully saturated rings. The molecule has 5 heteroatoms. The Morgan fingerprint density at radius 2 is 1.79 bits per heavy atom. The predicted molar refractivity (Wildman–Crippen MR) is 76.5 cm³/mol. The number of aliphatic hydroxyl groups is 1. The standard InChI is InChI=1S/C14H23NO3S/c1-4-13(16)10-15-19(17,18)14-7-5-12(6-8-14)9-11(2)3/h5-8,11,13,15-16H,4,9-10H2,1-3H3. The Labute approximate surface area is 115 Å². The maximum absolute atomic E-state index is 12.0. The van der Waals surface area contributed by atoms with Gasteiger partial charge in [0.2, 0.25) is 10.0 Å². The third kappa shape index (κ3) is 5.30. The fourth-order valence-electron chi connectivity index (χ4n) is 1.71. The summed E-state index contributed by atoms with van der Waals surface area (Å²) in [6, 6.07) is 6.90. The maximum atomic E-state index is 12.0. The van der Waals surface area contributed by atoms with Crippen molar-refractivity contribution < 1.29 is 13.5 Å². The van der Waals surface area contributed by atoms with E-state index in [0.29, 0.717) is 12.3 Å². The number of sulfonamides is 1. The number of hydrogen-bond acceptors (Lipinski definition) is 3. The average molecular weight is 285 g/mol. The van der Waals surface area contributed by atoms with Gasteiger partial charge in [-0.3, -0.25) is 0 Å². The Balaban J connectivity index is 2.73. The zero-order valence-electron chi connectivity index (χ0n) is 11.8. The van der Waals surface area contributed by atoms with E-state index in [1.54, 1.807) is 19.1 Å².